The van der Waals surface area contributed by atoms with Gasteiger partial charge < -0.3 is 14.8 Å². The van der Waals surface area contributed by atoms with Crippen LogP contribution in [0.25, 0.3) is 11.4 Å². The molecule has 0 bridgehead atoms. The summed E-state index contributed by atoms with van der Waals surface area (Å²) in [5.74, 6) is -0.143. The second kappa shape index (κ2) is 6.88. The van der Waals surface area contributed by atoms with Gasteiger partial charge in [0.25, 0.3) is 0 Å². The van der Waals surface area contributed by atoms with Crippen LogP contribution >= 0.6 is 0 Å². The van der Waals surface area contributed by atoms with Gasteiger partial charge in [0.2, 0.25) is 5.91 Å². The Morgan fingerprint density at radius 3 is 3.17 bits per heavy atom. The van der Waals surface area contributed by atoms with Gasteiger partial charge in [0.05, 0.1) is 30.6 Å². The Bertz CT molecular complexity index is 680. The molecule has 0 spiro atoms. The number of ether oxygens (including phenoxy) is 2. The zero-order valence-corrected chi connectivity index (χ0v) is 13.2. The van der Waals surface area contributed by atoms with Crippen molar-refractivity contribution in [2.75, 3.05) is 19.8 Å². The third-order valence-electron chi connectivity index (χ3n) is 3.70. The molecule has 0 saturated carbocycles. The Balaban J connectivity index is 1.61. The van der Waals surface area contributed by atoms with Gasteiger partial charge in [0.15, 0.2) is 0 Å². The number of carbonyl (C=O) groups is 1. The lowest BCUT2D eigenvalue weighted by molar-refractivity contribution is -0.126. The number of aryl methyl sites for hydroxylation is 1. The summed E-state index contributed by atoms with van der Waals surface area (Å²) >= 11 is 0. The Morgan fingerprint density at radius 2 is 2.43 bits per heavy atom. The lowest BCUT2D eigenvalue weighted by Gasteiger charge is -2.24. The SMILES string of the molecule is CCOCC(=O)NC[C@H]1Cn2nnc(-c3ccnn3C)c2CO1. The minimum absolute atomic E-state index is 0.0719. The molecule has 0 unspecified atom stereocenters. The highest BCUT2D eigenvalue weighted by atomic mass is 16.5. The molecule has 1 aliphatic rings. The molecule has 0 aromatic carbocycles. The number of hydrogen-bond donors (Lipinski definition) is 1. The maximum absolute atomic E-state index is 11.6. The van der Waals surface area contributed by atoms with Crippen molar-refractivity contribution in [2.24, 2.45) is 7.05 Å². The van der Waals surface area contributed by atoms with Crippen molar-refractivity contribution < 1.29 is 14.3 Å². The predicted octanol–water partition coefficient (Wildman–Crippen LogP) is -0.270. The van der Waals surface area contributed by atoms with Crippen LogP contribution < -0.4 is 5.32 Å². The molecule has 0 fully saturated rings. The van der Waals surface area contributed by atoms with E-state index in [1.165, 1.54) is 0 Å². The van der Waals surface area contributed by atoms with Gasteiger partial charge in [-0.25, -0.2) is 4.68 Å². The fourth-order valence-corrected chi connectivity index (χ4v) is 2.47. The van der Waals surface area contributed by atoms with Gasteiger partial charge in [-0.05, 0) is 13.0 Å². The van der Waals surface area contributed by atoms with Gasteiger partial charge in [-0.1, -0.05) is 5.21 Å². The van der Waals surface area contributed by atoms with Gasteiger partial charge in [-0.15, -0.1) is 5.10 Å². The Hall–Kier alpha value is -2.26. The first kappa shape index (κ1) is 15.6. The summed E-state index contributed by atoms with van der Waals surface area (Å²) in [7, 11) is 1.86. The van der Waals surface area contributed by atoms with Crippen LogP contribution in [0.1, 0.15) is 12.6 Å². The quantitative estimate of drug-likeness (QED) is 0.787. The summed E-state index contributed by atoms with van der Waals surface area (Å²) in [6.45, 7) is 3.82. The van der Waals surface area contributed by atoms with Gasteiger partial charge in [-0.3, -0.25) is 9.48 Å². The second-order valence-electron chi connectivity index (χ2n) is 5.28. The van der Waals surface area contributed by atoms with Crippen molar-refractivity contribution in [3.05, 3.63) is 18.0 Å². The van der Waals surface area contributed by atoms with E-state index in [0.29, 0.717) is 26.3 Å². The number of amides is 1. The molecule has 2 aromatic heterocycles. The van der Waals surface area contributed by atoms with E-state index in [1.807, 2.05) is 24.7 Å². The van der Waals surface area contributed by atoms with Crippen molar-refractivity contribution in [1.29, 1.82) is 0 Å². The third-order valence-corrected chi connectivity index (χ3v) is 3.70. The summed E-state index contributed by atoms with van der Waals surface area (Å²) < 4.78 is 14.4. The zero-order valence-electron chi connectivity index (χ0n) is 13.2. The molecule has 1 N–H and O–H groups in total. The van der Waals surface area contributed by atoms with E-state index in [-0.39, 0.29) is 18.6 Å². The Morgan fingerprint density at radius 1 is 1.57 bits per heavy atom. The van der Waals surface area contributed by atoms with E-state index < -0.39 is 0 Å². The fourth-order valence-electron chi connectivity index (χ4n) is 2.47. The monoisotopic (exact) mass is 320 g/mol. The van der Waals surface area contributed by atoms with E-state index in [9.17, 15) is 4.79 Å². The molecule has 2 aromatic rings. The topological polar surface area (TPSA) is 96.1 Å². The molecule has 124 valence electrons. The third kappa shape index (κ3) is 3.40. The molecule has 3 heterocycles. The predicted molar refractivity (Wildman–Crippen MR) is 80.3 cm³/mol. The number of rotatable bonds is 6. The van der Waals surface area contributed by atoms with Gasteiger partial charge in [0.1, 0.15) is 12.3 Å². The van der Waals surface area contributed by atoms with Crippen LogP contribution in [-0.2, 0) is 34.5 Å². The van der Waals surface area contributed by atoms with Crippen molar-refractivity contribution in [3.63, 3.8) is 0 Å². The van der Waals surface area contributed by atoms with E-state index in [0.717, 1.165) is 17.1 Å². The average molecular weight is 320 g/mol. The smallest absolute Gasteiger partial charge is 0.246 e. The second-order valence-corrected chi connectivity index (χ2v) is 5.28. The van der Waals surface area contributed by atoms with E-state index >= 15 is 0 Å². The number of carbonyl (C=O) groups excluding carboxylic acids is 1. The molecule has 23 heavy (non-hydrogen) atoms. The minimum atomic E-state index is -0.143. The average Bonchev–Trinajstić information content (AvgIpc) is 3.16. The van der Waals surface area contributed by atoms with Crippen LogP contribution in [0.15, 0.2) is 12.3 Å². The molecule has 9 nitrogen and oxygen atoms in total. The lowest BCUT2D eigenvalue weighted by Crippen LogP contribution is -2.40. The van der Waals surface area contributed by atoms with Crippen LogP contribution in [0.2, 0.25) is 0 Å². The van der Waals surface area contributed by atoms with Gasteiger partial charge in [0, 0.05) is 26.4 Å². The largest absolute Gasteiger partial charge is 0.372 e. The first-order chi connectivity index (χ1) is 11.2. The normalized spacial score (nSPS) is 17.0. The molecule has 1 aliphatic heterocycles. The Labute approximate surface area is 133 Å². The highest BCUT2D eigenvalue weighted by Gasteiger charge is 2.25. The molecule has 0 aliphatic carbocycles. The molecule has 1 atom stereocenters. The number of fused-ring (bicyclic) bond motifs is 1. The van der Waals surface area contributed by atoms with Crippen LogP contribution in [0.3, 0.4) is 0 Å². The van der Waals surface area contributed by atoms with Crippen molar-refractivity contribution in [1.82, 2.24) is 30.1 Å². The van der Waals surface area contributed by atoms with E-state index in [1.54, 1.807) is 10.9 Å². The maximum Gasteiger partial charge on any atom is 0.246 e. The highest BCUT2D eigenvalue weighted by Crippen LogP contribution is 2.24. The van der Waals surface area contributed by atoms with Crippen LogP contribution in [0, 0.1) is 0 Å². The lowest BCUT2D eigenvalue weighted by atomic mass is 10.2. The van der Waals surface area contributed by atoms with Gasteiger partial charge >= 0.3 is 0 Å². The molecule has 0 radical (unpaired) electrons. The van der Waals surface area contributed by atoms with Crippen molar-refractivity contribution in [2.45, 2.75) is 26.2 Å². The summed E-state index contributed by atoms with van der Waals surface area (Å²) in [5, 5.41) is 15.4. The number of aromatic nitrogens is 5. The number of nitrogens with zero attached hydrogens (tertiary/aromatic N) is 5. The van der Waals surface area contributed by atoms with Crippen LogP contribution in [0.5, 0.6) is 0 Å². The van der Waals surface area contributed by atoms with E-state index in [2.05, 4.69) is 20.7 Å². The zero-order chi connectivity index (χ0) is 16.2. The van der Waals surface area contributed by atoms with Crippen molar-refractivity contribution in [3.8, 4) is 11.4 Å². The minimum Gasteiger partial charge on any atom is -0.372 e. The molecular formula is C14H20N6O3. The number of nitrogens with one attached hydrogen (secondary N) is 1. The summed E-state index contributed by atoms with van der Waals surface area (Å²) in [4.78, 5) is 11.6. The molecule has 1 amide bonds. The molecule has 3 rings (SSSR count). The van der Waals surface area contributed by atoms with Crippen molar-refractivity contribution >= 4 is 5.91 Å². The first-order valence-electron chi connectivity index (χ1n) is 7.55. The molecule has 0 saturated heterocycles. The Kier molecular flexibility index (Phi) is 4.68. The van der Waals surface area contributed by atoms with Crippen LogP contribution in [-0.4, -0.2) is 56.5 Å². The molecular weight excluding hydrogens is 300 g/mol. The summed E-state index contributed by atoms with van der Waals surface area (Å²) in [6, 6.07) is 1.89. The van der Waals surface area contributed by atoms with Gasteiger partial charge in [-0.2, -0.15) is 5.10 Å². The fraction of sp³-hybridized carbons (Fsp3) is 0.571. The first-order valence-corrected chi connectivity index (χ1v) is 7.55. The maximum atomic E-state index is 11.6. The highest BCUT2D eigenvalue weighted by molar-refractivity contribution is 5.77. The number of hydrogen-bond acceptors (Lipinski definition) is 6. The summed E-state index contributed by atoms with van der Waals surface area (Å²) in [6.07, 6.45) is 1.59. The standard InChI is InChI=1S/C14H20N6O3/c1-3-22-9-13(21)15-6-10-7-20-12(8-23-10)14(17-18-20)11-4-5-16-19(11)2/h4-5,10H,3,6-9H2,1-2H3,(H,15,21)/t10-/m0/s1. The summed E-state index contributed by atoms with van der Waals surface area (Å²) in [5.41, 5.74) is 2.60. The van der Waals surface area contributed by atoms with E-state index in [4.69, 9.17) is 9.47 Å². The molecule has 9 heteroatoms. The van der Waals surface area contributed by atoms with Crippen LogP contribution in [0.4, 0.5) is 0 Å².